The topological polar surface area (TPSA) is 20.2 Å². The lowest BCUT2D eigenvalue weighted by Gasteiger charge is -2.02. The van der Waals surface area contributed by atoms with Crippen LogP contribution in [0.1, 0.15) is 11.1 Å². The number of halogens is 2. The molecule has 1 N–H and O–H groups in total. The quantitative estimate of drug-likeness (QED) is 0.756. The molecule has 0 radical (unpaired) electrons. The molecule has 0 atom stereocenters. The molecule has 1 rings (SSSR count). The molecule has 0 bridgehead atoms. The van der Waals surface area contributed by atoms with Crippen LogP contribution in [0.5, 0.6) is 0 Å². The molecule has 1 aromatic carbocycles. The minimum absolute atomic E-state index is 0.0405. The van der Waals surface area contributed by atoms with Crippen LogP contribution in [-0.4, -0.2) is 5.11 Å². The van der Waals surface area contributed by atoms with E-state index in [-0.39, 0.29) is 12.4 Å². The Balaban J connectivity index is 3.06. The number of hydrogen-bond donors (Lipinski definition) is 1. The zero-order valence-electron chi connectivity index (χ0n) is 5.85. The highest BCUT2D eigenvalue weighted by molar-refractivity contribution is 9.08. The van der Waals surface area contributed by atoms with E-state index in [0.717, 1.165) is 11.1 Å². The van der Waals surface area contributed by atoms with Crippen LogP contribution in [0.3, 0.4) is 0 Å². The van der Waals surface area contributed by atoms with E-state index in [2.05, 4.69) is 15.9 Å². The van der Waals surface area contributed by atoms with E-state index in [9.17, 15) is 4.39 Å². The number of aliphatic hydroxyl groups excluding tert-OH is 1. The molecule has 0 saturated carbocycles. The molecule has 1 nitrogen and oxygen atoms in total. The Morgan fingerprint density at radius 1 is 1.36 bits per heavy atom. The Hall–Kier alpha value is -0.410. The van der Waals surface area contributed by atoms with Crippen LogP contribution in [0.25, 0.3) is 0 Å². The van der Waals surface area contributed by atoms with Crippen molar-refractivity contribution in [3.63, 3.8) is 0 Å². The van der Waals surface area contributed by atoms with Gasteiger partial charge < -0.3 is 5.11 Å². The SMILES string of the molecule is OCc1ccc(F)cc1CBr. The molecular formula is C8H8BrFO. The van der Waals surface area contributed by atoms with Crippen molar-refractivity contribution in [2.45, 2.75) is 11.9 Å². The van der Waals surface area contributed by atoms with Crippen molar-refractivity contribution < 1.29 is 9.50 Å². The molecule has 0 heterocycles. The third kappa shape index (κ3) is 2.01. The van der Waals surface area contributed by atoms with Crippen LogP contribution in [0.4, 0.5) is 4.39 Å². The van der Waals surface area contributed by atoms with Gasteiger partial charge in [0.1, 0.15) is 5.82 Å². The van der Waals surface area contributed by atoms with Gasteiger partial charge in [-0.15, -0.1) is 0 Å². The Kier molecular flexibility index (Phi) is 3.02. The molecule has 0 saturated heterocycles. The molecule has 60 valence electrons. The van der Waals surface area contributed by atoms with Crippen molar-refractivity contribution in [1.82, 2.24) is 0 Å². The van der Waals surface area contributed by atoms with Crippen molar-refractivity contribution in [2.24, 2.45) is 0 Å². The lowest BCUT2D eigenvalue weighted by Crippen LogP contribution is -1.91. The van der Waals surface area contributed by atoms with Gasteiger partial charge in [0, 0.05) is 5.33 Å². The normalized spacial score (nSPS) is 10.1. The Morgan fingerprint density at radius 2 is 2.09 bits per heavy atom. The summed E-state index contributed by atoms with van der Waals surface area (Å²) in [6.07, 6.45) is 0. The number of aliphatic hydroxyl groups is 1. The fraction of sp³-hybridized carbons (Fsp3) is 0.250. The maximum atomic E-state index is 12.6. The molecule has 11 heavy (non-hydrogen) atoms. The average molecular weight is 219 g/mol. The first kappa shape index (κ1) is 8.68. The van der Waals surface area contributed by atoms with Gasteiger partial charge in [-0.3, -0.25) is 0 Å². The van der Waals surface area contributed by atoms with Crippen molar-refractivity contribution in [2.75, 3.05) is 0 Å². The fourth-order valence-corrected chi connectivity index (χ4v) is 1.40. The Morgan fingerprint density at radius 3 is 2.64 bits per heavy atom. The highest BCUT2D eigenvalue weighted by atomic mass is 79.9. The Bertz CT molecular complexity index is 250. The summed E-state index contributed by atoms with van der Waals surface area (Å²) in [4.78, 5) is 0. The lowest BCUT2D eigenvalue weighted by molar-refractivity contribution is 0.281. The predicted molar refractivity (Wildman–Crippen MR) is 45.0 cm³/mol. The highest BCUT2D eigenvalue weighted by Gasteiger charge is 2.00. The van der Waals surface area contributed by atoms with Gasteiger partial charge in [-0.05, 0) is 23.3 Å². The standard InChI is InChI=1S/C8H8BrFO/c9-4-7-3-8(10)2-1-6(7)5-11/h1-3,11H,4-5H2. The predicted octanol–water partition coefficient (Wildman–Crippen LogP) is 2.21. The van der Waals surface area contributed by atoms with E-state index < -0.39 is 0 Å². The first-order chi connectivity index (χ1) is 5.27. The molecule has 0 fully saturated rings. The van der Waals surface area contributed by atoms with Crippen LogP contribution in [0, 0.1) is 5.82 Å². The van der Waals surface area contributed by atoms with Crippen LogP contribution in [0.2, 0.25) is 0 Å². The fourth-order valence-electron chi connectivity index (χ4n) is 0.873. The summed E-state index contributed by atoms with van der Waals surface area (Å²) in [7, 11) is 0. The summed E-state index contributed by atoms with van der Waals surface area (Å²) in [6, 6.07) is 4.35. The average Bonchev–Trinajstić information content (AvgIpc) is 2.04. The maximum absolute atomic E-state index is 12.6. The van der Waals surface area contributed by atoms with E-state index in [0.29, 0.717) is 5.33 Å². The summed E-state index contributed by atoms with van der Waals surface area (Å²) in [5.74, 6) is -0.267. The van der Waals surface area contributed by atoms with Gasteiger partial charge in [0.05, 0.1) is 6.61 Å². The molecule has 1 aromatic rings. The third-order valence-electron chi connectivity index (χ3n) is 1.48. The molecule has 0 unspecified atom stereocenters. The van der Waals surface area contributed by atoms with E-state index >= 15 is 0 Å². The van der Waals surface area contributed by atoms with E-state index in [4.69, 9.17) is 5.11 Å². The minimum Gasteiger partial charge on any atom is -0.392 e. The first-order valence-electron chi connectivity index (χ1n) is 3.22. The highest BCUT2D eigenvalue weighted by Crippen LogP contribution is 2.14. The summed E-state index contributed by atoms with van der Waals surface area (Å²) < 4.78 is 12.6. The third-order valence-corrected chi connectivity index (χ3v) is 2.09. The van der Waals surface area contributed by atoms with Crippen LogP contribution in [0.15, 0.2) is 18.2 Å². The second-order valence-corrected chi connectivity index (χ2v) is 2.77. The minimum atomic E-state index is -0.267. The number of benzene rings is 1. The zero-order chi connectivity index (χ0) is 8.27. The van der Waals surface area contributed by atoms with Gasteiger partial charge in [0.25, 0.3) is 0 Å². The molecule has 0 aliphatic heterocycles. The van der Waals surface area contributed by atoms with Crippen molar-refractivity contribution in [1.29, 1.82) is 0 Å². The summed E-state index contributed by atoms with van der Waals surface area (Å²) in [5.41, 5.74) is 1.57. The van der Waals surface area contributed by atoms with Crippen LogP contribution >= 0.6 is 15.9 Å². The van der Waals surface area contributed by atoms with Crippen LogP contribution < -0.4 is 0 Å². The van der Waals surface area contributed by atoms with Crippen molar-refractivity contribution in [3.05, 3.63) is 35.1 Å². The van der Waals surface area contributed by atoms with Gasteiger partial charge >= 0.3 is 0 Å². The maximum Gasteiger partial charge on any atom is 0.123 e. The van der Waals surface area contributed by atoms with Gasteiger partial charge in [-0.1, -0.05) is 22.0 Å². The van der Waals surface area contributed by atoms with Crippen LogP contribution in [-0.2, 0) is 11.9 Å². The molecule has 0 aliphatic rings. The largest absolute Gasteiger partial charge is 0.392 e. The Labute approximate surface area is 73.0 Å². The first-order valence-corrected chi connectivity index (χ1v) is 4.34. The molecular weight excluding hydrogens is 211 g/mol. The van der Waals surface area contributed by atoms with Crippen molar-refractivity contribution >= 4 is 15.9 Å². The van der Waals surface area contributed by atoms with E-state index in [1.165, 1.54) is 12.1 Å². The van der Waals surface area contributed by atoms with Gasteiger partial charge in [-0.2, -0.15) is 0 Å². The lowest BCUT2D eigenvalue weighted by atomic mass is 10.1. The van der Waals surface area contributed by atoms with E-state index in [1.54, 1.807) is 6.07 Å². The molecule has 3 heteroatoms. The second-order valence-electron chi connectivity index (χ2n) is 2.20. The van der Waals surface area contributed by atoms with Gasteiger partial charge in [0.2, 0.25) is 0 Å². The summed E-state index contributed by atoms with van der Waals surface area (Å²) in [5, 5.41) is 9.37. The molecule has 0 amide bonds. The molecule has 0 aliphatic carbocycles. The van der Waals surface area contributed by atoms with Gasteiger partial charge in [-0.25, -0.2) is 4.39 Å². The number of hydrogen-bond acceptors (Lipinski definition) is 1. The zero-order valence-corrected chi connectivity index (χ0v) is 7.44. The summed E-state index contributed by atoms with van der Waals surface area (Å²) >= 11 is 3.21. The summed E-state index contributed by atoms with van der Waals surface area (Å²) in [6.45, 7) is -0.0405. The smallest absolute Gasteiger partial charge is 0.123 e. The number of alkyl halides is 1. The van der Waals surface area contributed by atoms with Gasteiger partial charge in [0.15, 0.2) is 0 Å². The molecule has 0 aromatic heterocycles. The van der Waals surface area contributed by atoms with E-state index in [1.807, 2.05) is 0 Å². The van der Waals surface area contributed by atoms with Crippen molar-refractivity contribution in [3.8, 4) is 0 Å². The number of rotatable bonds is 2. The molecule has 0 spiro atoms. The monoisotopic (exact) mass is 218 g/mol. The second kappa shape index (κ2) is 3.83.